The van der Waals surface area contributed by atoms with Gasteiger partial charge in [0.05, 0.1) is 6.10 Å². The van der Waals surface area contributed by atoms with Crippen molar-refractivity contribution in [3.63, 3.8) is 0 Å². The highest BCUT2D eigenvalue weighted by molar-refractivity contribution is 6.74. The second-order valence-corrected chi connectivity index (χ2v) is 25.3. The third-order valence-corrected chi connectivity index (χ3v) is 18.0. The maximum absolute atomic E-state index is 12.2. The van der Waals surface area contributed by atoms with Gasteiger partial charge in [-0.3, -0.25) is 4.79 Å². The number of Topliss-reactive ketones (excluding diaryl/α,β-unsaturated/α-hetero) is 1. The van der Waals surface area contributed by atoms with Crippen molar-refractivity contribution >= 4 is 22.4 Å². The summed E-state index contributed by atoms with van der Waals surface area (Å²) in [6, 6.07) is 0. The van der Waals surface area contributed by atoms with Crippen LogP contribution in [0.2, 0.25) is 36.3 Å². The van der Waals surface area contributed by atoms with Gasteiger partial charge >= 0.3 is 0 Å². The highest BCUT2D eigenvalue weighted by Gasteiger charge is 2.52. The van der Waals surface area contributed by atoms with Crippen LogP contribution in [0.15, 0.2) is 0 Å². The number of ether oxygens (including phenoxy) is 4. The first kappa shape index (κ1) is 47.1. The Labute approximate surface area is 285 Å². The van der Waals surface area contributed by atoms with Crippen molar-refractivity contribution in [1.82, 2.24) is 0 Å². The van der Waals surface area contributed by atoms with E-state index in [0.717, 1.165) is 0 Å². The lowest BCUT2D eigenvalue weighted by atomic mass is 10.0. The molecule has 2 saturated heterocycles. The molecule has 0 aromatic carbocycles. The van der Waals surface area contributed by atoms with Crippen molar-refractivity contribution in [3.8, 4) is 24.7 Å². The van der Waals surface area contributed by atoms with Crippen molar-refractivity contribution in [1.29, 1.82) is 0 Å². The van der Waals surface area contributed by atoms with E-state index in [-0.39, 0.29) is 30.7 Å². The highest BCUT2D eigenvalue weighted by atomic mass is 28.4. The van der Waals surface area contributed by atoms with Gasteiger partial charge < -0.3 is 32.9 Å². The Balaban J connectivity index is 0. The molecule has 2 rings (SSSR count). The van der Waals surface area contributed by atoms with Gasteiger partial charge in [0.1, 0.15) is 36.6 Å². The predicted molar refractivity (Wildman–Crippen MR) is 195 cm³/mol. The summed E-state index contributed by atoms with van der Waals surface area (Å²) < 4.78 is 36.1. The minimum absolute atomic E-state index is 0. The molecule has 0 saturated carbocycles. The average molecular weight is 687 g/mol. The lowest BCUT2D eigenvalue weighted by molar-refractivity contribution is -0.158. The lowest BCUT2D eigenvalue weighted by Crippen LogP contribution is -2.50. The zero-order valence-corrected chi connectivity index (χ0v) is 32.4. The Morgan fingerprint density at radius 3 is 1.46 bits per heavy atom. The van der Waals surface area contributed by atoms with E-state index in [9.17, 15) is 9.90 Å². The SMILES string of the molecule is C.C.C#C[C@H](O[Si](C)(C)C(C)(C)C)[C@@H]1OC(C)(C)O[C@@H]1C(=O)CC.C#C[C@H](O[Si](C)(C)C(C)(C)C)[C@@H]1OC(C)(C)O[C@@H]1[C@H](O)CC. The maximum atomic E-state index is 12.2. The number of ketones is 1. The van der Waals surface area contributed by atoms with Crippen molar-refractivity contribution in [2.75, 3.05) is 0 Å². The molecule has 0 aromatic rings. The predicted octanol–water partition coefficient (Wildman–Crippen LogP) is 8.08. The standard InChI is InChI=1S/C17H32O4Si.C17H30O4Si.2CH4/c2*1-10-12(18)14-15(20-17(6,7)19-14)13(11-2)21-22(8,9)16(3,4)5;;/h2,12-15,18H,10H2,1,3-9H3;2,13-15H,10H2,1,3-9H3;2*1H4/t12-,13+,14-,15+;13-,14+,15-;;/m10../s1. The summed E-state index contributed by atoms with van der Waals surface area (Å²) in [6.07, 6.45) is 8.53. The minimum Gasteiger partial charge on any atom is -0.401 e. The molecule has 0 aromatic heterocycles. The number of terminal acetylenes is 2. The number of hydrogen-bond donors (Lipinski definition) is 1. The first-order valence-electron chi connectivity index (χ1n) is 15.9. The molecule has 46 heavy (non-hydrogen) atoms. The molecule has 0 radical (unpaired) electrons. The number of aliphatic hydroxyl groups excluding tert-OH is 1. The quantitative estimate of drug-likeness (QED) is 0.182. The first-order chi connectivity index (χ1) is 19.7. The average Bonchev–Trinajstić information content (AvgIpc) is 3.38. The van der Waals surface area contributed by atoms with Crippen LogP contribution in [-0.4, -0.2) is 81.8 Å². The van der Waals surface area contributed by atoms with Crippen LogP contribution in [0.25, 0.3) is 0 Å². The van der Waals surface area contributed by atoms with Crippen LogP contribution in [0.1, 0.15) is 111 Å². The molecular formula is C36H70O8Si2. The van der Waals surface area contributed by atoms with E-state index in [0.29, 0.717) is 12.8 Å². The van der Waals surface area contributed by atoms with Crippen LogP contribution in [0.4, 0.5) is 0 Å². The molecule has 8 nitrogen and oxygen atoms in total. The lowest BCUT2D eigenvalue weighted by Gasteiger charge is -2.39. The van der Waals surface area contributed by atoms with E-state index in [1.54, 1.807) is 13.8 Å². The monoisotopic (exact) mass is 686 g/mol. The Kier molecular flexibility index (Phi) is 17.4. The van der Waals surface area contributed by atoms with Crippen molar-refractivity contribution < 1.29 is 37.7 Å². The number of hydrogen-bond acceptors (Lipinski definition) is 8. The zero-order chi connectivity index (χ0) is 34.7. The molecule has 0 spiro atoms. The molecule has 7 atom stereocenters. The molecule has 2 aliphatic rings. The Hall–Kier alpha value is -1.06. The summed E-state index contributed by atoms with van der Waals surface area (Å²) in [6.45, 7) is 32.5. The van der Waals surface area contributed by atoms with Gasteiger partial charge in [0.15, 0.2) is 34.0 Å². The maximum Gasteiger partial charge on any atom is 0.193 e. The minimum atomic E-state index is -2.07. The van der Waals surface area contributed by atoms with E-state index in [1.165, 1.54) is 0 Å². The highest BCUT2D eigenvalue weighted by Crippen LogP contribution is 2.41. The fraction of sp³-hybridized carbons (Fsp3) is 0.861. The normalized spacial score (nSPS) is 26.2. The molecule has 2 heterocycles. The molecule has 10 heteroatoms. The summed E-state index contributed by atoms with van der Waals surface area (Å²) in [5.74, 6) is 3.79. The van der Waals surface area contributed by atoms with Gasteiger partial charge in [-0.05, 0) is 70.4 Å². The molecule has 0 amide bonds. The molecule has 2 aliphatic heterocycles. The van der Waals surface area contributed by atoms with E-state index < -0.39 is 70.9 Å². The van der Waals surface area contributed by atoms with Gasteiger partial charge in [-0.2, -0.15) is 0 Å². The topological polar surface area (TPSA) is 92.7 Å². The Morgan fingerprint density at radius 2 is 1.11 bits per heavy atom. The molecule has 0 unspecified atom stereocenters. The fourth-order valence-electron chi connectivity index (χ4n) is 4.42. The smallest absolute Gasteiger partial charge is 0.193 e. The van der Waals surface area contributed by atoms with Crippen LogP contribution >= 0.6 is 0 Å². The van der Waals surface area contributed by atoms with E-state index in [1.807, 2.05) is 27.7 Å². The van der Waals surface area contributed by atoms with Crippen molar-refractivity contribution in [3.05, 3.63) is 0 Å². The molecule has 270 valence electrons. The number of rotatable bonds is 10. The van der Waals surface area contributed by atoms with Crippen LogP contribution < -0.4 is 0 Å². The number of carbonyl (C=O) groups excluding carboxylic acids is 1. The van der Waals surface area contributed by atoms with E-state index >= 15 is 0 Å². The van der Waals surface area contributed by atoms with Crippen molar-refractivity contribution in [2.45, 2.75) is 201 Å². The summed E-state index contributed by atoms with van der Waals surface area (Å²) in [5, 5.41) is 10.3. The zero-order valence-electron chi connectivity index (χ0n) is 30.4. The Bertz CT molecular complexity index is 1040. The summed E-state index contributed by atoms with van der Waals surface area (Å²) in [4.78, 5) is 12.2. The number of aliphatic hydroxyl groups is 1. The van der Waals surface area contributed by atoms with Gasteiger partial charge in [0.2, 0.25) is 0 Å². The van der Waals surface area contributed by atoms with Gasteiger partial charge in [0, 0.05) is 6.42 Å². The van der Waals surface area contributed by atoms with Gasteiger partial charge in [-0.25, -0.2) is 0 Å². The van der Waals surface area contributed by atoms with E-state index in [4.69, 9.17) is 40.6 Å². The van der Waals surface area contributed by atoms with Crippen LogP contribution in [-0.2, 0) is 32.6 Å². The van der Waals surface area contributed by atoms with E-state index in [2.05, 4.69) is 79.6 Å². The summed E-state index contributed by atoms with van der Waals surface area (Å²) >= 11 is 0. The Morgan fingerprint density at radius 1 is 0.761 bits per heavy atom. The molecule has 2 fully saturated rings. The van der Waals surface area contributed by atoms with Crippen LogP contribution in [0, 0.1) is 24.7 Å². The molecule has 1 N–H and O–H groups in total. The summed E-state index contributed by atoms with van der Waals surface area (Å²) in [7, 11) is -4.10. The third-order valence-electron chi connectivity index (χ3n) is 9.14. The molecule has 0 aliphatic carbocycles. The van der Waals surface area contributed by atoms with Gasteiger partial charge in [-0.1, -0.05) is 82.1 Å². The van der Waals surface area contributed by atoms with Crippen LogP contribution in [0.5, 0.6) is 0 Å². The second kappa shape index (κ2) is 17.0. The van der Waals surface area contributed by atoms with Gasteiger partial charge in [0.25, 0.3) is 0 Å². The largest absolute Gasteiger partial charge is 0.401 e. The van der Waals surface area contributed by atoms with Crippen molar-refractivity contribution in [2.24, 2.45) is 0 Å². The third kappa shape index (κ3) is 12.1. The number of carbonyl (C=O) groups is 1. The van der Waals surface area contributed by atoms with Crippen LogP contribution in [0.3, 0.4) is 0 Å². The summed E-state index contributed by atoms with van der Waals surface area (Å²) in [5.41, 5.74) is 0. The molecule has 0 bridgehead atoms. The fourth-order valence-corrected chi connectivity index (χ4v) is 6.80. The second-order valence-electron chi connectivity index (χ2n) is 15.8. The van der Waals surface area contributed by atoms with Gasteiger partial charge in [-0.15, -0.1) is 12.8 Å². The first-order valence-corrected chi connectivity index (χ1v) is 21.7. The molecular weight excluding hydrogens is 617 g/mol.